The van der Waals surface area contributed by atoms with E-state index in [9.17, 15) is 14.3 Å². The molecule has 3 atom stereocenters. The highest BCUT2D eigenvalue weighted by Crippen LogP contribution is 2.55. The standard InChI is InChI=1S/C17H26N5O6PS/c1-17(2,3)16(23)26-6-7-30-29(24,25)27-8-11-4-5-12(28-11)22-10-21-13-14(18)19-9-20-15(13)22/h9-12H,4-8H2,1-3H3,(H,24,25)(H2,18,19,20)/t11-,12+/m0/s1. The minimum Gasteiger partial charge on any atom is -0.464 e. The van der Waals surface area contributed by atoms with Crippen molar-refractivity contribution < 1.29 is 28.3 Å². The van der Waals surface area contributed by atoms with E-state index in [1.807, 2.05) is 0 Å². The number of aromatic nitrogens is 4. The lowest BCUT2D eigenvalue weighted by atomic mass is 9.97. The van der Waals surface area contributed by atoms with Gasteiger partial charge in [-0.2, -0.15) is 0 Å². The van der Waals surface area contributed by atoms with Crippen LogP contribution in [-0.4, -0.2) is 55.5 Å². The first-order valence-electron chi connectivity index (χ1n) is 9.44. The maximum atomic E-state index is 12.2. The van der Waals surface area contributed by atoms with Crippen LogP contribution >= 0.6 is 18.2 Å². The van der Waals surface area contributed by atoms with Crippen LogP contribution in [0.4, 0.5) is 5.82 Å². The molecule has 166 valence electrons. The third-order valence-corrected chi connectivity index (χ3v) is 7.38. The highest BCUT2D eigenvalue weighted by atomic mass is 32.7. The van der Waals surface area contributed by atoms with E-state index in [-0.39, 0.29) is 37.3 Å². The fraction of sp³-hybridized carbons (Fsp3) is 0.647. The summed E-state index contributed by atoms with van der Waals surface area (Å²) in [4.78, 5) is 34.0. The lowest BCUT2D eigenvalue weighted by molar-refractivity contribution is -0.152. The first kappa shape index (κ1) is 23.0. The lowest BCUT2D eigenvalue weighted by Crippen LogP contribution is -2.23. The molecule has 13 heteroatoms. The van der Waals surface area contributed by atoms with Crippen LogP contribution in [0.5, 0.6) is 0 Å². The van der Waals surface area contributed by atoms with Crippen LogP contribution in [0.1, 0.15) is 39.8 Å². The second kappa shape index (κ2) is 9.19. The van der Waals surface area contributed by atoms with E-state index in [4.69, 9.17) is 19.7 Å². The summed E-state index contributed by atoms with van der Waals surface area (Å²) in [5.74, 6) is 0.0932. The van der Waals surface area contributed by atoms with Gasteiger partial charge in [-0.1, -0.05) is 0 Å². The summed E-state index contributed by atoms with van der Waals surface area (Å²) in [6.45, 7) is 1.36. The van der Waals surface area contributed by atoms with Gasteiger partial charge in [-0.15, -0.1) is 0 Å². The van der Waals surface area contributed by atoms with Crippen molar-refractivity contribution in [2.45, 2.75) is 45.9 Å². The zero-order valence-electron chi connectivity index (χ0n) is 17.1. The van der Waals surface area contributed by atoms with E-state index in [2.05, 4.69) is 15.0 Å². The second-order valence-corrected chi connectivity index (χ2v) is 11.9. The second-order valence-electron chi connectivity index (χ2n) is 7.86. The number of ether oxygens (including phenoxy) is 2. The molecule has 2 aromatic heterocycles. The molecule has 3 rings (SSSR count). The van der Waals surface area contributed by atoms with Gasteiger partial charge in [0.1, 0.15) is 24.7 Å². The number of rotatable bonds is 8. The van der Waals surface area contributed by atoms with Gasteiger partial charge >= 0.3 is 12.8 Å². The van der Waals surface area contributed by atoms with Crippen molar-refractivity contribution in [1.82, 2.24) is 19.5 Å². The highest BCUT2D eigenvalue weighted by molar-refractivity contribution is 8.54. The number of nitrogens with two attached hydrogens (primary N) is 1. The highest BCUT2D eigenvalue weighted by Gasteiger charge is 2.31. The van der Waals surface area contributed by atoms with E-state index in [0.29, 0.717) is 29.8 Å². The van der Waals surface area contributed by atoms with Crippen molar-refractivity contribution in [2.75, 3.05) is 24.7 Å². The number of hydrogen-bond acceptors (Lipinski definition) is 10. The first-order chi connectivity index (χ1) is 14.1. The minimum atomic E-state index is -3.88. The van der Waals surface area contributed by atoms with Gasteiger partial charge in [0.25, 0.3) is 0 Å². The van der Waals surface area contributed by atoms with Crippen LogP contribution in [0, 0.1) is 5.41 Å². The fourth-order valence-electron chi connectivity index (χ4n) is 2.81. The SMILES string of the molecule is CC(C)(C)C(=O)OCCSP(=O)(O)OC[C@@H]1CC[C@H](n2cnc3c(N)ncnc32)O1. The maximum Gasteiger partial charge on any atom is 0.386 e. The molecule has 1 aliphatic heterocycles. The van der Waals surface area contributed by atoms with E-state index in [0.717, 1.165) is 11.4 Å². The summed E-state index contributed by atoms with van der Waals surface area (Å²) in [5.41, 5.74) is 6.27. The third-order valence-electron chi connectivity index (χ3n) is 4.39. The molecule has 30 heavy (non-hydrogen) atoms. The summed E-state index contributed by atoms with van der Waals surface area (Å²) in [6.07, 6.45) is 3.62. The number of hydrogen-bond donors (Lipinski definition) is 2. The molecule has 0 radical (unpaired) electrons. The number of carbonyl (C=O) groups excluding carboxylic acids is 1. The molecule has 3 N–H and O–H groups in total. The van der Waals surface area contributed by atoms with Gasteiger partial charge < -0.3 is 20.1 Å². The Labute approximate surface area is 178 Å². The molecule has 1 fully saturated rings. The molecule has 1 saturated heterocycles. The smallest absolute Gasteiger partial charge is 0.386 e. The minimum absolute atomic E-state index is 0.0250. The largest absolute Gasteiger partial charge is 0.464 e. The van der Waals surface area contributed by atoms with E-state index in [1.165, 1.54) is 6.33 Å². The van der Waals surface area contributed by atoms with E-state index < -0.39 is 12.2 Å². The van der Waals surface area contributed by atoms with Gasteiger partial charge in [-0.25, -0.2) is 19.5 Å². The Hall–Kier alpha value is -1.72. The number of fused-ring (bicyclic) bond motifs is 1. The Morgan fingerprint density at radius 3 is 2.90 bits per heavy atom. The quantitative estimate of drug-likeness (QED) is 0.340. The van der Waals surface area contributed by atoms with Crippen LogP contribution < -0.4 is 5.73 Å². The van der Waals surface area contributed by atoms with Crippen molar-refractivity contribution in [2.24, 2.45) is 5.41 Å². The van der Waals surface area contributed by atoms with E-state index in [1.54, 1.807) is 31.7 Å². The Kier molecular flexibility index (Phi) is 7.03. The topological polar surface area (TPSA) is 152 Å². The molecule has 0 bridgehead atoms. The zero-order valence-corrected chi connectivity index (χ0v) is 18.8. The van der Waals surface area contributed by atoms with Gasteiger partial charge in [0.2, 0.25) is 0 Å². The molecule has 3 heterocycles. The number of imidazole rings is 1. The Morgan fingerprint density at radius 2 is 2.17 bits per heavy atom. The molecule has 0 aromatic carbocycles. The van der Waals surface area contributed by atoms with Crippen LogP contribution in [0.3, 0.4) is 0 Å². The number of anilines is 1. The molecule has 1 aliphatic rings. The molecule has 1 unspecified atom stereocenters. The number of carbonyl (C=O) groups is 1. The summed E-state index contributed by atoms with van der Waals surface area (Å²) in [6, 6.07) is 0. The van der Waals surface area contributed by atoms with Crippen LogP contribution in [-0.2, 0) is 23.4 Å². The first-order valence-corrected chi connectivity index (χ1v) is 12.6. The maximum absolute atomic E-state index is 12.2. The summed E-state index contributed by atoms with van der Waals surface area (Å²) in [7, 11) is 0. The molecule has 11 nitrogen and oxygen atoms in total. The Bertz CT molecular complexity index is 948. The molecular formula is C17H26N5O6PS. The Morgan fingerprint density at radius 1 is 1.40 bits per heavy atom. The van der Waals surface area contributed by atoms with E-state index >= 15 is 0 Å². The molecular weight excluding hydrogens is 433 g/mol. The summed E-state index contributed by atoms with van der Waals surface area (Å²) >= 11 is 0.727. The van der Waals surface area contributed by atoms with Crippen LogP contribution in [0.15, 0.2) is 12.7 Å². The molecule has 0 spiro atoms. The van der Waals surface area contributed by atoms with Gasteiger partial charge in [-0.3, -0.25) is 13.9 Å². The molecule has 2 aromatic rings. The lowest BCUT2D eigenvalue weighted by Gasteiger charge is -2.18. The van der Waals surface area contributed by atoms with Crippen LogP contribution in [0.25, 0.3) is 11.2 Å². The zero-order chi connectivity index (χ0) is 21.9. The van der Waals surface area contributed by atoms with Gasteiger partial charge in [0.05, 0.1) is 24.5 Å². The van der Waals surface area contributed by atoms with Gasteiger partial charge in [0.15, 0.2) is 11.5 Å². The number of nitrogen functional groups attached to an aromatic ring is 1. The van der Waals surface area contributed by atoms with Crippen molar-refractivity contribution in [3.8, 4) is 0 Å². The average molecular weight is 459 g/mol. The normalized spacial score (nSPS) is 21.6. The van der Waals surface area contributed by atoms with Gasteiger partial charge in [-0.05, 0) is 45.0 Å². The monoisotopic (exact) mass is 459 g/mol. The van der Waals surface area contributed by atoms with Crippen molar-refractivity contribution in [3.63, 3.8) is 0 Å². The predicted octanol–water partition coefficient (Wildman–Crippen LogP) is 2.53. The van der Waals surface area contributed by atoms with Crippen molar-refractivity contribution >= 4 is 41.1 Å². The number of esters is 1. The fourth-order valence-corrected chi connectivity index (χ4v) is 4.95. The van der Waals surface area contributed by atoms with Gasteiger partial charge in [0, 0.05) is 5.75 Å². The summed E-state index contributed by atoms with van der Waals surface area (Å²) < 4.78 is 30.2. The summed E-state index contributed by atoms with van der Waals surface area (Å²) in [5, 5.41) is 0. The van der Waals surface area contributed by atoms with Crippen LogP contribution in [0.2, 0.25) is 0 Å². The third kappa shape index (κ3) is 5.70. The predicted molar refractivity (Wildman–Crippen MR) is 112 cm³/mol. The average Bonchev–Trinajstić information content (AvgIpc) is 3.30. The molecule has 0 aliphatic carbocycles. The Balaban J connectivity index is 1.44. The molecule has 0 saturated carbocycles. The van der Waals surface area contributed by atoms with Crippen molar-refractivity contribution in [3.05, 3.63) is 12.7 Å². The molecule has 0 amide bonds. The number of nitrogens with zero attached hydrogens (tertiary/aromatic N) is 4. The van der Waals surface area contributed by atoms with Crippen molar-refractivity contribution in [1.29, 1.82) is 0 Å².